The molecule has 1 aromatic heterocycles. The zero-order chi connectivity index (χ0) is 25.1. The van der Waals surface area contributed by atoms with E-state index in [1.54, 1.807) is 29.2 Å². The van der Waals surface area contributed by atoms with Crippen LogP contribution in [0.5, 0.6) is 5.75 Å². The minimum Gasteiger partial charge on any atom is -0.496 e. The number of amides is 2. The molecule has 0 saturated carbocycles. The number of primary amides is 1. The minimum atomic E-state index is -0.560. The second kappa shape index (κ2) is 10.0. The lowest BCUT2D eigenvalue weighted by molar-refractivity contribution is 0.0303. The first-order valence-corrected chi connectivity index (χ1v) is 11.5. The Kier molecular flexibility index (Phi) is 6.46. The molecule has 3 aromatic carbocycles. The van der Waals surface area contributed by atoms with Gasteiger partial charge >= 0.3 is 0 Å². The van der Waals surface area contributed by atoms with E-state index < -0.39 is 5.91 Å². The van der Waals surface area contributed by atoms with Crippen molar-refractivity contribution in [3.05, 3.63) is 78.1 Å². The SMILES string of the molecule is COc1ccc(-c2ccc3ncnc(Nc4ccc(C(=O)N5CCOCC5)cc4)c3c2)cc1C(N)=O. The van der Waals surface area contributed by atoms with Gasteiger partial charge in [0.05, 0.1) is 31.4 Å². The number of nitrogens with two attached hydrogens (primary N) is 1. The molecule has 0 radical (unpaired) electrons. The maximum atomic E-state index is 12.7. The van der Waals surface area contributed by atoms with E-state index in [4.69, 9.17) is 15.2 Å². The average Bonchev–Trinajstić information content (AvgIpc) is 2.93. The van der Waals surface area contributed by atoms with Crippen molar-refractivity contribution in [1.29, 1.82) is 0 Å². The largest absolute Gasteiger partial charge is 0.496 e. The molecule has 2 amide bonds. The summed E-state index contributed by atoms with van der Waals surface area (Å²) in [4.78, 5) is 35.2. The molecule has 0 aliphatic carbocycles. The lowest BCUT2D eigenvalue weighted by atomic mass is 10.0. The number of benzene rings is 3. The Balaban J connectivity index is 1.42. The quantitative estimate of drug-likeness (QED) is 0.430. The molecule has 36 heavy (non-hydrogen) atoms. The fraction of sp³-hybridized carbons (Fsp3) is 0.185. The van der Waals surface area contributed by atoms with E-state index in [0.29, 0.717) is 49.0 Å². The second-order valence-corrected chi connectivity index (χ2v) is 8.34. The number of rotatable bonds is 6. The molecule has 0 atom stereocenters. The van der Waals surface area contributed by atoms with E-state index in [0.717, 1.165) is 27.7 Å². The Labute approximate surface area is 207 Å². The van der Waals surface area contributed by atoms with Gasteiger partial charge in [0, 0.05) is 29.7 Å². The fourth-order valence-corrected chi connectivity index (χ4v) is 4.20. The van der Waals surface area contributed by atoms with E-state index in [2.05, 4.69) is 15.3 Å². The summed E-state index contributed by atoms with van der Waals surface area (Å²) in [7, 11) is 1.50. The van der Waals surface area contributed by atoms with Gasteiger partial charge in [-0.2, -0.15) is 0 Å². The van der Waals surface area contributed by atoms with Crippen LogP contribution in [-0.2, 0) is 4.74 Å². The summed E-state index contributed by atoms with van der Waals surface area (Å²) < 4.78 is 10.6. The van der Waals surface area contributed by atoms with Crippen LogP contribution in [0.4, 0.5) is 11.5 Å². The number of morpholine rings is 1. The molecule has 5 rings (SSSR count). The highest BCUT2D eigenvalue weighted by Crippen LogP contribution is 2.31. The number of nitrogens with zero attached hydrogens (tertiary/aromatic N) is 3. The highest BCUT2D eigenvalue weighted by atomic mass is 16.5. The van der Waals surface area contributed by atoms with Gasteiger partial charge in [0.2, 0.25) is 0 Å². The van der Waals surface area contributed by atoms with Crippen molar-refractivity contribution in [3.8, 4) is 16.9 Å². The van der Waals surface area contributed by atoms with Crippen LogP contribution in [0.25, 0.3) is 22.0 Å². The summed E-state index contributed by atoms with van der Waals surface area (Å²) in [6.45, 7) is 2.33. The Morgan fingerprint density at radius 2 is 1.69 bits per heavy atom. The Morgan fingerprint density at radius 1 is 0.972 bits per heavy atom. The third-order valence-electron chi connectivity index (χ3n) is 6.13. The van der Waals surface area contributed by atoms with Gasteiger partial charge in [0.15, 0.2) is 0 Å². The van der Waals surface area contributed by atoms with Gasteiger partial charge in [-0.05, 0) is 59.7 Å². The molecule has 182 valence electrons. The summed E-state index contributed by atoms with van der Waals surface area (Å²) in [6, 6.07) is 18.4. The summed E-state index contributed by atoms with van der Waals surface area (Å²) in [5, 5.41) is 4.13. The standard InChI is InChI=1S/C27H25N5O4/c1-35-24-9-5-19(15-22(24)25(28)33)18-4-8-23-21(14-18)26(30-16-29-23)31-20-6-2-17(3-7-20)27(34)32-10-12-36-13-11-32/h2-9,14-16H,10-13H2,1H3,(H2,28,33)(H,29,30,31). The first kappa shape index (κ1) is 23.3. The van der Waals surface area contributed by atoms with E-state index in [1.165, 1.54) is 13.4 Å². The molecule has 4 aromatic rings. The Bertz CT molecular complexity index is 1430. The summed E-state index contributed by atoms with van der Waals surface area (Å²) in [6.07, 6.45) is 1.50. The number of methoxy groups -OCH3 is 1. The number of aromatic nitrogens is 2. The molecule has 9 heteroatoms. The molecule has 2 heterocycles. The third kappa shape index (κ3) is 4.69. The van der Waals surface area contributed by atoms with Gasteiger partial charge in [-0.3, -0.25) is 9.59 Å². The van der Waals surface area contributed by atoms with E-state index in [1.807, 2.05) is 36.4 Å². The fourth-order valence-electron chi connectivity index (χ4n) is 4.20. The van der Waals surface area contributed by atoms with Gasteiger partial charge in [0.1, 0.15) is 17.9 Å². The molecule has 1 aliphatic rings. The molecule has 1 aliphatic heterocycles. The topological polar surface area (TPSA) is 120 Å². The van der Waals surface area contributed by atoms with Crippen LogP contribution in [0.15, 0.2) is 67.0 Å². The predicted octanol–water partition coefficient (Wildman–Crippen LogP) is 3.62. The Hall–Kier alpha value is -4.50. The second-order valence-electron chi connectivity index (χ2n) is 8.34. The van der Waals surface area contributed by atoms with E-state index in [-0.39, 0.29) is 5.91 Å². The van der Waals surface area contributed by atoms with Crippen molar-refractivity contribution >= 4 is 34.2 Å². The number of carbonyl (C=O) groups excluding carboxylic acids is 2. The first-order chi connectivity index (χ1) is 17.5. The summed E-state index contributed by atoms with van der Waals surface area (Å²) >= 11 is 0. The number of ether oxygens (including phenoxy) is 2. The van der Waals surface area contributed by atoms with Crippen molar-refractivity contribution in [3.63, 3.8) is 0 Å². The molecule has 1 fully saturated rings. The molecule has 0 bridgehead atoms. The molecule has 1 saturated heterocycles. The van der Waals surface area contributed by atoms with Crippen LogP contribution in [0.2, 0.25) is 0 Å². The maximum absolute atomic E-state index is 12.7. The molecule has 3 N–H and O–H groups in total. The normalized spacial score (nSPS) is 13.4. The van der Waals surface area contributed by atoms with Crippen LogP contribution in [0.3, 0.4) is 0 Å². The molecular formula is C27H25N5O4. The molecule has 0 unspecified atom stereocenters. The van der Waals surface area contributed by atoms with Gasteiger partial charge in [-0.25, -0.2) is 9.97 Å². The van der Waals surface area contributed by atoms with Gasteiger partial charge in [0.25, 0.3) is 11.8 Å². The van der Waals surface area contributed by atoms with E-state index in [9.17, 15) is 9.59 Å². The number of anilines is 2. The zero-order valence-electron chi connectivity index (χ0n) is 19.7. The molecule has 9 nitrogen and oxygen atoms in total. The zero-order valence-corrected chi connectivity index (χ0v) is 19.7. The van der Waals surface area contributed by atoms with Crippen LogP contribution in [0, 0.1) is 0 Å². The summed E-state index contributed by atoms with van der Waals surface area (Å²) in [5.41, 5.74) is 9.71. The van der Waals surface area contributed by atoms with Crippen LogP contribution < -0.4 is 15.8 Å². The number of fused-ring (bicyclic) bond motifs is 1. The van der Waals surface area contributed by atoms with E-state index >= 15 is 0 Å². The van der Waals surface area contributed by atoms with Crippen LogP contribution >= 0.6 is 0 Å². The monoisotopic (exact) mass is 483 g/mol. The first-order valence-electron chi connectivity index (χ1n) is 11.5. The smallest absolute Gasteiger partial charge is 0.254 e. The molecule has 0 spiro atoms. The van der Waals surface area contributed by atoms with Gasteiger partial charge in [-0.1, -0.05) is 12.1 Å². The number of hydrogen-bond acceptors (Lipinski definition) is 7. The van der Waals surface area contributed by atoms with Gasteiger partial charge in [-0.15, -0.1) is 0 Å². The van der Waals surface area contributed by atoms with Crippen LogP contribution in [0.1, 0.15) is 20.7 Å². The van der Waals surface area contributed by atoms with Crippen molar-refractivity contribution < 1.29 is 19.1 Å². The van der Waals surface area contributed by atoms with Crippen molar-refractivity contribution in [2.75, 3.05) is 38.7 Å². The predicted molar refractivity (Wildman–Crippen MR) is 136 cm³/mol. The third-order valence-corrected chi connectivity index (χ3v) is 6.13. The highest BCUT2D eigenvalue weighted by molar-refractivity contribution is 5.98. The molecular weight excluding hydrogens is 458 g/mol. The number of carbonyl (C=O) groups is 2. The Morgan fingerprint density at radius 3 is 2.42 bits per heavy atom. The minimum absolute atomic E-state index is 0.00296. The lowest BCUT2D eigenvalue weighted by Crippen LogP contribution is -2.40. The lowest BCUT2D eigenvalue weighted by Gasteiger charge is -2.26. The van der Waals surface area contributed by atoms with Crippen molar-refractivity contribution in [2.24, 2.45) is 5.73 Å². The van der Waals surface area contributed by atoms with Gasteiger partial charge < -0.3 is 25.4 Å². The van der Waals surface area contributed by atoms with Crippen LogP contribution in [-0.4, -0.2) is 60.1 Å². The highest BCUT2D eigenvalue weighted by Gasteiger charge is 2.18. The van der Waals surface area contributed by atoms with Crippen molar-refractivity contribution in [1.82, 2.24) is 14.9 Å². The maximum Gasteiger partial charge on any atom is 0.254 e. The van der Waals surface area contributed by atoms with Crippen molar-refractivity contribution in [2.45, 2.75) is 0 Å². The number of nitrogens with one attached hydrogen (secondary N) is 1. The summed E-state index contributed by atoms with van der Waals surface area (Å²) in [5.74, 6) is 0.485. The number of hydrogen-bond donors (Lipinski definition) is 2. The average molecular weight is 484 g/mol.